The molecule has 0 aromatic heterocycles. The van der Waals surface area contributed by atoms with E-state index in [-0.39, 0.29) is 32.5 Å². The van der Waals surface area contributed by atoms with Crippen molar-refractivity contribution in [3.05, 3.63) is 0 Å². The van der Waals surface area contributed by atoms with Gasteiger partial charge in [-0.2, -0.15) is 0 Å². The van der Waals surface area contributed by atoms with E-state index in [1.54, 1.807) is 0 Å². The normalized spacial score (nSPS) is 35.7. The molecule has 1 aliphatic heterocycles. The van der Waals surface area contributed by atoms with Crippen LogP contribution in [0.1, 0.15) is 32.1 Å². The molecule has 2 fully saturated rings. The third kappa shape index (κ3) is 1.93. The Labute approximate surface area is 97.6 Å². The number of halogens is 2. The zero-order valence-corrected chi connectivity index (χ0v) is 9.42. The van der Waals surface area contributed by atoms with Crippen molar-refractivity contribution in [3.8, 4) is 0 Å². The highest BCUT2D eigenvalue weighted by molar-refractivity contribution is 5.77. The van der Waals surface area contributed by atoms with Gasteiger partial charge in [-0.15, -0.1) is 0 Å². The Hall–Kier alpha value is -0.750. The van der Waals surface area contributed by atoms with Crippen LogP contribution in [0, 0.1) is 5.41 Å². The van der Waals surface area contributed by atoms with E-state index in [0.717, 1.165) is 0 Å². The van der Waals surface area contributed by atoms with Crippen molar-refractivity contribution in [1.82, 2.24) is 0 Å². The average Bonchev–Trinajstić information content (AvgIpc) is 2.57. The molecule has 2 rings (SSSR count). The van der Waals surface area contributed by atoms with Crippen LogP contribution < -0.4 is 0 Å². The largest absolute Gasteiger partial charge is 0.481 e. The molecule has 1 saturated heterocycles. The number of ether oxygens (including phenoxy) is 1. The summed E-state index contributed by atoms with van der Waals surface area (Å²) in [6.45, 7) is 0.439. The first-order valence-corrected chi connectivity index (χ1v) is 5.73. The summed E-state index contributed by atoms with van der Waals surface area (Å²) >= 11 is 0. The first-order chi connectivity index (χ1) is 7.81. The lowest BCUT2D eigenvalue weighted by atomic mass is 9.66. The Morgan fingerprint density at radius 1 is 1.12 bits per heavy atom. The number of aliphatic hydroxyl groups is 1. The third-order valence-electron chi connectivity index (χ3n) is 4.10. The molecule has 17 heavy (non-hydrogen) atoms. The quantitative estimate of drug-likeness (QED) is 0.777. The minimum absolute atomic E-state index is 0.107. The van der Waals surface area contributed by atoms with Crippen LogP contribution in [-0.2, 0) is 9.53 Å². The molecule has 1 saturated carbocycles. The number of carbonyl (C=O) groups is 1. The second kappa shape index (κ2) is 3.88. The summed E-state index contributed by atoms with van der Waals surface area (Å²) in [6.07, 6.45) is -1.20. The molecule has 0 amide bonds. The summed E-state index contributed by atoms with van der Waals surface area (Å²) in [6, 6.07) is 0. The standard InChI is InChI=1S/C11H16F2O4/c12-11(13)2-1-9(7-11,8(14)15)10(16)3-5-17-6-4-10/h16H,1-7H2,(H,14,15). The van der Waals surface area contributed by atoms with Gasteiger partial charge in [-0.3, -0.25) is 4.79 Å². The lowest BCUT2D eigenvalue weighted by molar-refractivity contribution is -0.187. The molecular weight excluding hydrogens is 234 g/mol. The van der Waals surface area contributed by atoms with Crippen LogP contribution >= 0.6 is 0 Å². The predicted octanol–water partition coefficient (Wildman–Crippen LogP) is 1.42. The fraction of sp³-hybridized carbons (Fsp3) is 0.909. The topological polar surface area (TPSA) is 66.8 Å². The minimum Gasteiger partial charge on any atom is -0.481 e. The van der Waals surface area contributed by atoms with Crippen molar-refractivity contribution in [1.29, 1.82) is 0 Å². The van der Waals surface area contributed by atoms with Gasteiger partial charge in [-0.1, -0.05) is 0 Å². The van der Waals surface area contributed by atoms with Crippen LogP contribution in [0.25, 0.3) is 0 Å². The fourth-order valence-corrected chi connectivity index (χ4v) is 2.98. The maximum atomic E-state index is 13.3. The van der Waals surface area contributed by atoms with Crippen molar-refractivity contribution in [2.75, 3.05) is 13.2 Å². The number of carboxylic acid groups (broad SMARTS) is 1. The number of hydrogen-bond acceptors (Lipinski definition) is 3. The van der Waals surface area contributed by atoms with Gasteiger partial charge in [0, 0.05) is 38.9 Å². The Kier molecular flexibility index (Phi) is 2.90. The van der Waals surface area contributed by atoms with E-state index in [1.165, 1.54) is 0 Å². The predicted molar refractivity (Wildman–Crippen MR) is 53.9 cm³/mol. The van der Waals surface area contributed by atoms with Crippen molar-refractivity contribution in [2.45, 2.75) is 43.6 Å². The van der Waals surface area contributed by atoms with Crippen LogP contribution in [-0.4, -0.2) is 40.9 Å². The van der Waals surface area contributed by atoms with Gasteiger partial charge in [-0.05, 0) is 6.42 Å². The van der Waals surface area contributed by atoms with Crippen LogP contribution in [0.2, 0.25) is 0 Å². The molecule has 6 heteroatoms. The molecule has 0 radical (unpaired) electrons. The maximum absolute atomic E-state index is 13.3. The van der Waals surface area contributed by atoms with Crippen LogP contribution in [0.15, 0.2) is 0 Å². The van der Waals surface area contributed by atoms with E-state index in [9.17, 15) is 23.8 Å². The van der Waals surface area contributed by atoms with Crippen LogP contribution in [0.4, 0.5) is 8.78 Å². The van der Waals surface area contributed by atoms with E-state index >= 15 is 0 Å². The SMILES string of the molecule is O=C(O)C1(C2(O)CCOCC2)CCC(F)(F)C1. The van der Waals surface area contributed by atoms with Crippen molar-refractivity contribution in [2.24, 2.45) is 5.41 Å². The Morgan fingerprint density at radius 3 is 2.12 bits per heavy atom. The molecule has 1 unspecified atom stereocenters. The second-order valence-corrected chi connectivity index (χ2v) is 5.06. The summed E-state index contributed by atoms with van der Waals surface area (Å²) in [5.41, 5.74) is -3.29. The van der Waals surface area contributed by atoms with Gasteiger partial charge in [0.2, 0.25) is 5.92 Å². The highest BCUT2D eigenvalue weighted by Gasteiger charge is 2.64. The van der Waals surface area contributed by atoms with E-state index in [0.29, 0.717) is 0 Å². The van der Waals surface area contributed by atoms with E-state index in [1.807, 2.05) is 0 Å². The fourth-order valence-electron chi connectivity index (χ4n) is 2.98. The van der Waals surface area contributed by atoms with E-state index in [2.05, 4.69) is 0 Å². The molecule has 0 bridgehead atoms. The van der Waals surface area contributed by atoms with E-state index in [4.69, 9.17) is 4.74 Å². The van der Waals surface area contributed by atoms with Gasteiger partial charge in [-0.25, -0.2) is 8.78 Å². The lowest BCUT2D eigenvalue weighted by Gasteiger charge is -2.44. The van der Waals surface area contributed by atoms with Crippen molar-refractivity contribution in [3.63, 3.8) is 0 Å². The molecule has 2 aliphatic rings. The number of hydrogen-bond donors (Lipinski definition) is 2. The first-order valence-electron chi connectivity index (χ1n) is 5.73. The van der Waals surface area contributed by atoms with Gasteiger partial charge in [0.15, 0.2) is 0 Å². The smallest absolute Gasteiger partial charge is 0.312 e. The summed E-state index contributed by atoms with van der Waals surface area (Å²) in [4.78, 5) is 11.4. The van der Waals surface area contributed by atoms with Crippen LogP contribution in [0.3, 0.4) is 0 Å². The van der Waals surface area contributed by atoms with Crippen molar-refractivity contribution < 1.29 is 28.5 Å². The number of alkyl halides is 2. The number of carboxylic acids is 1. The molecule has 2 N–H and O–H groups in total. The minimum atomic E-state index is -2.99. The molecule has 1 atom stereocenters. The Balaban J connectivity index is 2.32. The molecule has 98 valence electrons. The zero-order valence-electron chi connectivity index (χ0n) is 9.42. The van der Waals surface area contributed by atoms with Gasteiger partial charge in [0.05, 0.1) is 5.60 Å². The number of aliphatic carboxylic acids is 1. The monoisotopic (exact) mass is 250 g/mol. The average molecular weight is 250 g/mol. The second-order valence-electron chi connectivity index (χ2n) is 5.06. The lowest BCUT2D eigenvalue weighted by Crippen LogP contribution is -2.55. The molecule has 4 nitrogen and oxygen atoms in total. The summed E-state index contributed by atoms with van der Waals surface area (Å²) in [5.74, 6) is -4.31. The number of rotatable bonds is 2. The highest BCUT2D eigenvalue weighted by atomic mass is 19.3. The molecule has 1 aliphatic carbocycles. The molecule has 0 spiro atoms. The third-order valence-corrected chi connectivity index (χ3v) is 4.10. The molecule has 0 aromatic rings. The first kappa shape index (κ1) is 12.7. The summed E-state index contributed by atoms with van der Waals surface area (Å²) < 4.78 is 31.7. The van der Waals surface area contributed by atoms with Gasteiger partial charge in [0.25, 0.3) is 0 Å². The molecular formula is C11H16F2O4. The van der Waals surface area contributed by atoms with Gasteiger partial charge >= 0.3 is 5.97 Å². The summed E-state index contributed by atoms with van der Waals surface area (Å²) in [7, 11) is 0. The maximum Gasteiger partial charge on any atom is 0.312 e. The zero-order chi connectivity index (χ0) is 12.7. The molecule has 1 heterocycles. The summed E-state index contributed by atoms with van der Waals surface area (Å²) in [5, 5.41) is 19.7. The van der Waals surface area contributed by atoms with Gasteiger partial charge < -0.3 is 14.9 Å². The Morgan fingerprint density at radius 2 is 1.71 bits per heavy atom. The van der Waals surface area contributed by atoms with Crippen LogP contribution in [0.5, 0.6) is 0 Å². The molecule has 0 aromatic carbocycles. The van der Waals surface area contributed by atoms with E-state index < -0.39 is 35.7 Å². The Bertz CT molecular complexity index is 325. The van der Waals surface area contributed by atoms with Crippen molar-refractivity contribution >= 4 is 5.97 Å². The highest BCUT2D eigenvalue weighted by Crippen LogP contribution is 2.55. The van der Waals surface area contributed by atoms with Gasteiger partial charge in [0.1, 0.15) is 5.41 Å².